The molecule has 0 bridgehead atoms. The molecule has 0 aromatic heterocycles. The summed E-state index contributed by atoms with van der Waals surface area (Å²) < 4.78 is 5.52. The highest BCUT2D eigenvalue weighted by atomic mass is 16.5. The number of nitrogens with zero attached hydrogens (tertiary/aromatic N) is 1. The fourth-order valence-electron chi connectivity index (χ4n) is 2.40. The fraction of sp³-hybridized carbons (Fsp3) is 0.500. The normalized spacial score (nSPS) is 16.8. The Balaban J connectivity index is 2.46. The quantitative estimate of drug-likeness (QED) is 0.786. The Hall–Kier alpha value is -1.51. The third kappa shape index (κ3) is 2.02. The molecule has 0 saturated carbocycles. The number of anilines is 1. The van der Waals surface area contributed by atoms with Crippen LogP contribution in [0.15, 0.2) is 18.2 Å². The van der Waals surface area contributed by atoms with Crippen LogP contribution < -0.4 is 9.64 Å². The van der Waals surface area contributed by atoms with Crippen LogP contribution in [-0.2, 0) is 10.2 Å². The van der Waals surface area contributed by atoms with E-state index in [9.17, 15) is 4.79 Å². The fourth-order valence-corrected chi connectivity index (χ4v) is 2.40. The first-order valence-corrected chi connectivity index (χ1v) is 6.01. The van der Waals surface area contributed by atoms with Crippen molar-refractivity contribution in [3.05, 3.63) is 23.8 Å². The molecule has 3 nitrogen and oxygen atoms in total. The number of benzene rings is 1. The number of amides is 1. The lowest BCUT2D eigenvalue weighted by Crippen LogP contribution is -2.31. The summed E-state index contributed by atoms with van der Waals surface area (Å²) in [6.45, 7) is 9.31. The molecule has 1 heterocycles. The van der Waals surface area contributed by atoms with Crippen molar-refractivity contribution in [2.45, 2.75) is 33.1 Å². The van der Waals surface area contributed by atoms with Gasteiger partial charge < -0.3 is 9.64 Å². The van der Waals surface area contributed by atoms with Gasteiger partial charge in [-0.15, -0.1) is 0 Å². The van der Waals surface area contributed by atoms with Crippen LogP contribution >= 0.6 is 0 Å². The van der Waals surface area contributed by atoms with Gasteiger partial charge in [-0.05, 0) is 30.7 Å². The van der Waals surface area contributed by atoms with Crippen molar-refractivity contribution in [2.75, 3.05) is 18.1 Å². The maximum atomic E-state index is 11.6. The second-order valence-corrected chi connectivity index (χ2v) is 5.10. The van der Waals surface area contributed by atoms with Crippen LogP contribution in [0.3, 0.4) is 0 Å². The van der Waals surface area contributed by atoms with E-state index in [0.29, 0.717) is 6.61 Å². The number of carbonyl (C=O) groups is 1. The van der Waals surface area contributed by atoms with E-state index in [0.717, 1.165) is 18.0 Å². The maximum absolute atomic E-state index is 11.6. The van der Waals surface area contributed by atoms with Gasteiger partial charge in [-0.3, -0.25) is 4.79 Å². The molecular weight excluding hydrogens is 214 g/mol. The van der Waals surface area contributed by atoms with Gasteiger partial charge in [-0.1, -0.05) is 13.8 Å². The topological polar surface area (TPSA) is 29.5 Å². The zero-order chi connectivity index (χ0) is 12.6. The van der Waals surface area contributed by atoms with Crippen molar-refractivity contribution < 1.29 is 9.53 Å². The van der Waals surface area contributed by atoms with Gasteiger partial charge >= 0.3 is 0 Å². The van der Waals surface area contributed by atoms with Gasteiger partial charge in [-0.2, -0.15) is 0 Å². The number of carbonyl (C=O) groups excluding carboxylic acids is 1. The molecule has 0 atom stereocenters. The molecule has 3 heteroatoms. The lowest BCUT2D eigenvalue weighted by Gasteiger charge is -2.19. The zero-order valence-electron chi connectivity index (χ0n) is 10.9. The van der Waals surface area contributed by atoms with Gasteiger partial charge in [0.2, 0.25) is 5.91 Å². The van der Waals surface area contributed by atoms with Crippen molar-refractivity contribution in [3.8, 4) is 5.75 Å². The number of rotatable bonds is 2. The summed E-state index contributed by atoms with van der Waals surface area (Å²) in [5.41, 5.74) is 2.21. The molecule has 1 aromatic carbocycles. The SMILES string of the molecule is CCOc1ccc2c(c1)C(C)(C)CN2C(C)=O. The first kappa shape index (κ1) is 12.0. The second kappa shape index (κ2) is 4.06. The first-order chi connectivity index (χ1) is 7.95. The third-order valence-corrected chi connectivity index (χ3v) is 3.23. The molecule has 0 spiro atoms. The van der Waals surface area contributed by atoms with Crippen LogP contribution in [0.5, 0.6) is 5.75 Å². The predicted octanol–water partition coefficient (Wildman–Crippen LogP) is 2.73. The number of hydrogen-bond donors (Lipinski definition) is 0. The molecule has 0 unspecified atom stereocenters. The van der Waals surface area contributed by atoms with E-state index >= 15 is 0 Å². The van der Waals surface area contributed by atoms with E-state index < -0.39 is 0 Å². The summed E-state index contributed by atoms with van der Waals surface area (Å²) >= 11 is 0. The summed E-state index contributed by atoms with van der Waals surface area (Å²) in [4.78, 5) is 13.4. The van der Waals surface area contributed by atoms with Crippen LogP contribution in [0, 0.1) is 0 Å². The Kier molecular flexibility index (Phi) is 2.86. The lowest BCUT2D eigenvalue weighted by molar-refractivity contribution is -0.116. The van der Waals surface area contributed by atoms with Gasteiger partial charge in [0.1, 0.15) is 5.75 Å². The number of hydrogen-bond acceptors (Lipinski definition) is 2. The highest BCUT2D eigenvalue weighted by Crippen LogP contribution is 2.42. The molecule has 1 aromatic rings. The van der Waals surface area contributed by atoms with Crippen molar-refractivity contribution >= 4 is 11.6 Å². The summed E-state index contributed by atoms with van der Waals surface area (Å²) in [6, 6.07) is 5.97. The van der Waals surface area contributed by atoms with E-state index in [4.69, 9.17) is 4.74 Å². The lowest BCUT2D eigenvalue weighted by atomic mass is 9.87. The standard InChI is InChI=1S/C14H19NO2/c1-5-17-11-6-7-13-12(8-11)14(3,4)9-15(13)10(2)16/h6-8H,5,9H2,1-4H3. The Labute approximate surface area is 102 Å². The molecule has 0 fully saturated rings. The molecular formula is C14H19NO2. The van der Waals surface area contributed by atoms with Crippen molar-refractivity contribution in [3.63, 3.8) is 0 Å². The molecule has 0 radical (unpaired) electrons. The van der Waals surface area contributed by atoms with E-state index in [1.54, 1.807) is 6.92 Å². The third-order valence-electron chi connectivity index (χ3n) is 3.23. The van der Waals surface area contributed by atoms with Gasteiger partial charge in [-0.25, -0.2) is 0 Å². The highest BCUT2D eigenvalue weighted by Gasteiger charge is 2.36. The highest BCUT2D eigenvalue weighted by molar-refractivity contribution is 5.94. The molecule has 2 rings (SSSR count). The van der Waals surface area contributed by atoms with Gasteiger partial charge in [0.15, 0.2) is 0 Å². The van der Waals surface area contributed by atoms with Gasteiger partial charge in [0.25, 0.3) is 0 Å². The molecule has 92 valence electrons. The largest absolute Gasteiger partial charge is 0.494 e. The van der Waals surface area contributed by atoms with Crippen molar-refractivity contribution in [2.24, 2.45) is 0 Å². The zero-order valence-corrected chi connectivity index (χ0v) is 10.9. The maximum Gasteiger partial charge on any atom is 0.223 e. The molecule has 0 N–H and O–H groups in total. The monoisotopic (exact) mass is 233 g/mol. The summed E-state index contributed by atoms with van der Waals surface area (Å²) in [5.74, 6) is 0.978. The Morgan fingerprint density at radius 1 is 1.47 bits per heavy atom. The molecule has 1 aliphatic heterocycles. The van der Waals surface area contributed by atoms with E-state index in [-0.39, 0.29) is 11.3 Å². The van der Waals surface area contributed by atoms with Crippen LogP contribution in [0.4, 0.5) is 5.69 Å². The second-order valence-electron chi connectivity index (χ2n) is 5.10. The minimum absolute atomic E-state index is 0.00584. The van der Waals surface area contributed by atoms with Gasteiger partial charge in [0, 0.05) is 24.6 Å². The van der Waals surface area contributed by atoms with E-state index in [1.807, 2.05) is 24.0 Å². The molecule has 1 aliphatic rings. The molecule has 0 saturated heterocycles. The average Bonchev–Trinajstić information content (AvgIpc) is 2.52. The van der Waals surface area contributed by atoms with Crippen molar-refractivity contribution in [1.82, 2.24) is 0 Å². The van der Waals surface area contributed by atoms with E-state index in [1.165, 1.54) is 5.56 Å². The number of ether oxygens (including phenoxy) is 1. The van der Waals surface area contributed by atoms with Gasteiger partial charge in [0.05, 0.1) is 6.61 Å². The Morgan fingerprint density at radius 2 is 2.18 bits per heavy atom. The van der Waals surface area contributed by atoms with Crippen LogP contribution in [0.25, 0.3) is 0 Å². The predicted molar refractivity (Wildman–Crippen MR) is 68.7 cm³/mol. The first-order valence-electron chi connectivity index (χ1n) is 6.01. The Morgan fingerprint density at radius 3 is 2.76 bits per heavy atom. The van der Waals surface area contributed by atoms with Crippen LogP contribution in [0.1, 0.15) is 33.3 Å². The summed E-state index contributed by atoms with van der Waals surface area (Å²) in [7, 11) is 0. The average molecular weight is 233 g/mol. The Bertz CT molecular complexity index is 452. The van der Waals surface area contributed by atoms with E-state index in [2.05, 4.69) is 19.9 Å². The summed E-state index contributed by atoms with van der Waals surface area (Å²) in [5, 5.41) is 0. The molecule has 0 aliphatic carbocycles. The summed E-state index contributed by atoms with van der Waals surface area (Å²) in [6.07, 6.45) is 0. The minimum atomic E-state index is -0.00584. The molecule has 1 amide bonds. The molecule has 17 heavy (non-hydrogen) atoms. The number of fused-ring (bicyclic) bond motifs is 1. The van der Waals surface area contributed by atoms with Crippen molar-refractivity contribution in [1.29, 1.82) is 0 Å². The van der Waals surface area contributed by atoms with Crippen LogP contribution in [-0.4, -0.2) is 19.1 Å². The van der Waals surface area contributed by atoms with Crippen LogP contribution in [0.2, 0.25) is 0 Å². The smallest absolute Gasteiger partial charge is 0.223 e. The minimum Gasteiger partial charge on any atom is -0.494 e.